The van der Waals surface area contributed by atoms with Gasteiger partial charge in [0.2, 0.25) is 0 Å². The minimum absolute atomic E-state index is 0.0822. The number of aryl methyl sites for hydroxylation is 4. The van der Waals surface area contributed by atoms with E-state index in [1.165, 1.54) is 0 Å². The fourth-order valence-corrected chi connectivity index (χ4v) is 2.66. The normalized spacial score (nSPS) is 10.8. The van der Waals surface area contributed by atoms with Gasteiger partial charge in [-0.1, -0.05) is 36.2 Å². The number of Topliss-reactive ketones (excluding diaryl/α,β-unsaturated/α-hetero) is 1. The minimum atomic E-state index is 0.0822. The first kappa shape index (κ1) is 14.8. The Morgan fingerprint density at radius 1 is 1.35 bits per heavy atom. The van der Waals surface area contributed by atoms with Crippen molar-refractivity contribution in [3.63, 3.8) is 0 Å². The molecule has 0 spiro atoms. The van der Waals surface area contributed by atoms with Gasteiger partial charge in [0, 0.05) is 12.6 Å². The summed E-state index contributed by atoms with van der Waals surface area (Å²) in [6.45, 7) is 5.95. The first-order valence-corrected chi connectivity index (χ1v) is 7.12. The molecule has 1 aromatic carbocycles. The van der Waals surface area contributed by atoms with Crippen LogP contribution in [-0.2, 0) is 19.9 Å². The number of ketones is 1. The summed E-state index contributed by atoms with van der Waals surface area (Å²) < 4.78 is 1.71. The zero-order valence-corrected chi connectivity index (χ0v) is 13.1. The maximum absolute atomic E-state index is 12.5. The molecule has 0 aliphatic carbocycles. The van der Waals surface area contributed by atoms with Gasteiger partial charge in [-0.05, 0) is 31.9 Å². The fourth-order valence-electron chi connectivity index (χ4n) is 2.30. The summed E-state index contributed by atoms with van der Waals surface area (Å²) >= 11 is 6.30. The molecule has 106 valence electrons. The first-order valence-electron chi connectivity index (χ1n) is 6.74. The monoisotopic (exact) mass is 290 g/mol. The molecule has 2 rings (SSSR count). The van der Waals surface area contributed by atoms with Gasteiger partial charge in [-0.3, -0.25) is 9.48 Å². The molecule has 0 radical (unpaired) electrons. The predicted molar refractivity (Wildman–Crippen MR) is 81.5 cm³/mol. The van der Waals surface area contributed by atoms with Crippen LogP contribution in [0.15, 0.2) is 18.2 Å². The lowest BCUT2D eigenvalue weighted by molar-refractivity contribution is 0.0990. The molecule has 0 aliphatic heterocycles. The van der Waals surface area contributed by atoms with Crippen molar-refractivity contribution in [3.05, 3.63) is 51.3 Å². The van der Waals surface area contributed by atoms with Crippen LogP contribution in [0.2, 0.25) is 5.02 Å². The van der Waals surface area contributed by atoms with E-state index in [2.05, 4.69) is 5.10 Å². The van der Waals surface area contributed by atoms with Crippen molar-refractivity contribution in [1.82, 2.24) is 9.78 Å². The van der Waals surface area contributed by atoms with Crippen molar-refractivity contribution in [1.29, 1.82) is 0 Å². The fraction of sp³-hybridized carbons (Fsp3) is 0.375. The molecule has 2 aromatic rings. The van der Waals surface area contributed by atoms with E-state index < -0.39 is 0 Å². The van der Waals surface area contributed by atoms with E-state index in [0.717, 1.165) is 34.5 Å². The smallest absolute Gasteiger partial charge is 0.169 e. The second kappa shape index (κ2) is 5.80. The molecule has 0 N–H and O–H groups in total. The molecule has 0 aliphatic rings. The van der Waals surface area contributed by atoms with E-state index in [4.69, 9.17) is 11.6 Å². The number of hydrogen-bond donors (Lipinski definition) is 0. The lowest BCUT2D eigenvalue weighted by Gasteiger charge is -2.07. The van der Waals surface area contributed by atoms with E-state index in [1.54, 1.807) is 4.68 Å². The molecule has 0 saturated heterocycles. The van der Waals surface area contributed by atoms with Gasteiger partial charge in [-0.25, -0.2) is 0 Å². The zero-order chi connectivity index (χ0) is 14.9. The highest BCUT2D eigenvalue weighted by Gasteiger charge is 2.18. The SMILES string of the molecule is CCc1nn(C)c(CC(=O)c2cc(C)ccc2C)c1Cl. The third-order valence-corrected chi connectivity index (χ3v) is 3.96. The summed E-state index contributed by atoms with van der Waals surface area (Å²) in [6.07, 6.45) is 1.05. The van der Waals surface area contributed by atoms with Gasteiger partial charge < -0.3 is 0 Å². The number of benzene rings is 1. The number of carbonyl (C=O) groups excluding carboxylic acids is 1. The van der Waals surface area contributed by atoms with E-state index in [-0.39, 0.29) is 12.2 Å². The van der Waals surface area contributed by atoms with Crippen molar-refractivity contribution in [2.24, 2.45) is 7.05 Å². The number of aromatic nitrogens is 2. The summed E-state index contributed by atoms with van der Waals surface area (Å²) in [5.41, 5.74) is 4.48. The van der Waals surface area contributed by atoms with Crippen LogP contribution in [0.5, 0.6) is 0 Å². The standard InChI is InChI=1S/C16H19ClN2O/c1-5-13-16(17)14(19(4)18-13)9-15(20)12-8-10(2)6-7-11(12)3/h6-8H,5,9H2,1-4H3. The Morgan fingerprint density at radius 3 is 2.65 bits per heavy atom. The molecule has 0 fully saturated rings. The summed E-state index contributed by atoms with van der Waals surface area (Å²) in [4.78, 5) is 12.5. The van der Waals surface area contributed by atoms with E-state index in [9.17, 15) is 4.79 Å². The molecule has 3 nitrogen and oxygen atoms in total. The number of rotatable bonds is 4. The molecule has 0 saturated carbocycles. The van der Waals surface area contributed by atoms with Crippen molar-refractivity contribution in [3.8, 4) is 0 Å². The van der Waals surface area contributed by atoms with Crippen LogP contribution >= 0.6 is 11.6 Å². The lowest BCUT2D eigenvalue weighted by atomic mass is 9.99. The van der Waals surface area contributed by atoms with Crippen LogP contribution in [0.1, 0.15) is 39.8 Å². The largest absolute Gasteiger partial charge is 0.294 e. The topological polar surface area (TPSA) is 34.9 Å². The second-order valence-electron chi connectivity index (χ2n) is 5.10. The van der Waals surface area contributed by atoms with Crippen molar-refractivity contribution in [2.45, 2.75) is 33.6 Å². The Hall–Kier alpha value is -1.61. The van der Waals surface area contributed by atoms with E-state index in [1.807, 2.05) is 46.0 Å². The van der Waals surface area contributed by atoms with Gasteiger partial charge in [0.15, 0.2) is 5.78 Å². The van der Waals surface area contributed by atoms with Gasteiger partial charge in [0.25, 0.3) is 0 Å². The molecular weight excluding hydrogens is 272 g/mol. The highest BCUT2D eigenvalue weighted by Crippen LogP contribution is 2.23. The molecule has 0 atom stereocenters. The average molecular weight is 291 g/mol. The van der Waals surface area contributed by atoms with E-state index >= 15 is 0 Å². The maximum Gasteiger partial charge on any atom is 0.169 e. The molecular formula is C16H19ClN2O. The molecule has 0 amide bonds. The Bertz CT molecular complexity index is 659. The number of hydrogen-bond acceptors (Lipinski definition) is 2. The Labute approximate surface area is 124 Å². The van der Waals surface area contributed by atoms with Crippen LogP contribution in [0.3, 0.4) is 0 Å². The second-order valence-corrected chi connectivity index (χ2v) is 5.48. The molecule has 0 bridgehead atoms. The number of nitrogens with zero attached hydrogens (tertiary/aromatic N) is 2. The van der Waals surface area contributed by atoms with Gasteiger partial charge in [0.1, 0.15) is 0 Å². The average Bonchev–Trinajstić information content (AvgIpc) is 2.68. The van der Waals surface area contributed by atoms with Gasteiger partial charge in [0.05, 0.1) is 22.8 Å². The minimum Gasteiger partial charge on any atom is -0.294 e. The lowest BCUT2D eigenvalue weighted by Crippen LogP contribution is -2.10. The summed E-state index contributed by atoms with van der Waals surface area (Å²) in [5, 5.41) is 4.97. The summed E-state index contributed by atoms with van der Waals surface area (Å²) in [7, 11) is 1.83. The summed E-state index contributed by atoms with van der Waals surface area (Å²) in [5.74, 6) is 0.0822. The maximum atomic E-state index is 12.5. The van der Waals surface area contributed by atoms with Crippen molar-refractivity contribution >= 4 is 17.4 Å². The molecule has 1 aromatic heterocycles. The highest BCUT2D eigenvalue weighted by atomic mass is 35.5. The Balaban J connectivity index is 2.33. The Kier molecular flexibility index (Phi) is 4.29. The zero-order valence-electron chi connectivity index (χ0n) is 12.3. The van der Waals surface area contributed by atoms with Crippen LogP contribution < -0.4 is 0 Å². The van der Waals surface area contributed by atoms with Crippen LogP contribution in [0.4, 0.5) is 0 Å². The van der Waals surface area contributed by atoms with Gasteiger partial charge in [-0.2, -0.15) is 5.10 Å². The highest BCUT2D eigenvalue weighted by molar-refractivity contribution is 6.32. The molecule has 20 heavy (non-hydrogen) atoms. The molecule has 0 unspecified atom stereocenters. The quantitative estimate of drug-likeness (QED) is 0.805. The third-order valence-electron chi connectivity index (χ3n) is 3.52. The van der Waals surface area contributed by atoms with Crippen LogP contribution in [0.25, 0.3) is 0 Å². The number of carbonyl (C=O) groups is 1. The van der Waals surface area contributed by atoms with E-state index in [0.29, 0.717) is 5.02 Å². The van der Waals surface area contributed by atoms with Crippen molar-refractivity contribution in [2.75, 3.05) is 0 Å². The van der Waals surface area contributed by atoms with Gasteiger partial charge in [-0.15, -0.1) is 0 Å². The van der Waals surface area contributed by atoms with Gasteiger partial charge >= 0.3 is 0 Å². The van der Waals surface area contributed by atoms with Crippen LogP contribution in [-0.4, -0.2) is 15.6 Å². The predicted octanol–water partition coefficient (Wildman–Crippen LogP) is 3.68. The molecule has 1 heterocycles. The van der Waals surface area contributed by atoms with Crippen LogP contribution in [0, 0.1) is 13.8 Å². The number of halogens is 1. The first-order chi connectivity index (χ1) is 9.43. The summed E-state index contributed by atoms with van der Waals surface area (Å²) in [6, 6.07) is 5.92. The molecule has 4 heteroatoms. The third kappa shape index (κ3) is 2.78. The van der Waals surface area contributed by atoms with Crippen molar-refractivity contribution < 1.29 is 4.79 Å². The Morgan fingerprint density at radius 2 is 2.05 bits per heavy atom.